The summed E-state index contributed by atoms with van der Waals surface area (Å²) in [6.07, 6.45) is 4.42. The molecule has 110 valence electrons. The number of amides is 2. The lowest BCUT2D eigenvalue weighted by atomic mass is 10.0. The maximum atomic E-state index is 11.7. The predicted molar refractivity (Wildman–Crippen MR) is 73.4 cm³/mol. The van der Waals surface area contributed by atoms with Crippen molar-refractivity contribution < 1.29 is 18.9 Å². The van der Waals surface area contributed by atoms with Gasteiger partial charge in [-0.05, 0) is 26.2 Å². The molecule has 0 heterocycles. The summed E-state index contributed by atoms with van der Waals surface area (Å²) in [5, 5.41) is 14.5. The summed E-state index contributed by atoms with van der Waals surface area (Å²) in [5.41, 5.74) is 0. The van der Waals surface area contributed by atoms with Crippen LogP contribution in [0.1, 0.15) is 32.6 Å². The minimum absolute atomic E-state index is 0.0754. The molecule has 1 aliphatic rings. The monoisotopic (exact) mass is 290 g/mol. The summed E-state index contributed by atoms with van der Waals surface area (Å²) < 4.78 is 10.9. The fourth-order valence-corrected chi connectivity index (χ4v) is 2.96. The largest absolute Gasteiger partial charge is 0.481 e. The highest BCUT2D eigenvalue weighted by Crippen LogP contribution is 2.25. The average Bonchev–Trinajstić information content (AvgIpc) is 2.74. The number of carbonyl (C=O) groups excluding carboxylic acids is 1. The molecule has 19 heavy (non-hydrogen) atoms. The van der Waals surface area contributed by atoms with Gasteiger partial charge in [-0.25, -0.2) is 4.79 Å². The second-order valence-electron chi connectivity index (χ2n) is 5.07. The molecule has 2 amide bonds. The first-order chi connectivity index (χ1) is 8.90. The van der Waals surface area contributed by atoms with Crippen LogP contribution in [0.25, 0.3) is 0 Å². The van der Waals surface area contributed by atoms with Gasteiger partial charge in [-0.3, -0.25) is 9.00 Å². The van der Waals surface area contributed by atoms with Crippen molar-refractivity contribution in [3.63, 3.8) is 0 Å². The topological polar surface area (TPSA) is 95.5 Å². The minimum atomic E-state index is -0.866. The Morgan fingerprint density at radius 1 is 1.42 bits per heavy atom. The number of carboxylic acid groups (broad SMARTS) is 1. The maximum absolute atomic E-state index is 11.7. The first kappa shape index (κ1) is 15.9. The maximum Gasteiger partial charge on any atom is 0.315 e. The van der Waals surface area contributed by atoms with Crippen LogP contribution in [0.3, 0.4) is 0 Å². The molecule has 0 aromatic heterocycles. The summed E-state index contributed by atoms with van der Waals surface area (Å²) in [6, 6.07) is -0.703. The molecule has 0 saturated heterocycles. The Morgan fingerprint density at radius 2 is 2.11 bits per heavy atom. The van der Waals surface area contributed by atoms with Gasteiger partial charge in [-0.1, -0.05) is 6.42 Å². The third-order valence-corrected chi connectivity index (χ3v) is 4.18. The van der Waals surface area contributed by atoms with Crippen molar-refractivity contribution in [3.05, 3.63) is 0 Å². The van der Waals surface area contributed by atoms with Crippen LogP contribution in [0, 0.1) is 5.92 Å². The molecule has 0 aromatic carbocycles. The van der Waals surface area contributed by atoms with Crippen LogP contribution in [-0.2, 0) is 15.6 Å². The van der Waals surface area contributed by atoms with Crippen LogP contribution in [-0.4, -0.2) is 45.4 Å². The Bertz CT molecular complexity index is 362. The van der Waals surface area contributed by atoms with Crippen molar-refractivity contribution in [2.24, 2.45) is 5.92 Å². The Kier molecular flexibility index (Phi) is 6.27. The van der Waals surface area contributed by atoms with E-state index in [0.29, 0.717) is 25.0 Å². The van der Waals surface area contributed by atoms with Crippen molar-refractivity contribution in [1.29, 1.82) is 0 Å². The lowest BCUT2D eigenvalue weighted by Crippen LogP contribution is -2.48. The summed E-state index contributed by atoms with van der Waals surface area (Å²) >= 11 is 0. The van der Waals surface area contributed by atoms with E-state index < -0.39 is 22.7 Å². The van der Waals surface area contributed by atoms with Gasteiger partial charge in [0.25, 0.3) is 0 Å². The van der Waals surface area contributed by atoms with Crippen LogP contribution in [0.5, 0.6) is 0 Å². The third-order valence-electron chi connectivity index (χ3n) is 3.37. The van der Waals surface area contributed by atoms with Crippen molar-refractivity contribution in [2.45, 2.75) is 44.7 Å². The fraction of sp³-hybridized carbons (Fsp3) is 0.833. The molecule has 4 unspecified atom stereocenters. The predicted octanol–water partition coefficient (Wildman–Crippen LogP) is 0.696. The number of hydrogen-bond donors (Lipinski definition) is 3. The van der Waals surface area contributed by atoms with Crippen molar-refractivity contribution in [3.8, 4) is 0 Å². The van der Waals surface area contributed by atoms with E-state index >= 15 is 0 Å². The van der Waals surface area contributed by atoms with E-state index in [1.807, 2.05) is 6.92 Å². The molecule has 7 heteroatoms. The number of hydrogen-bond acceptors (Lipinski definition) is 3. The summed E-state index contributed by atoms with van der Waals surface area (Å²) in [5.74, 6) is -0.788. The molecule has 1 rings (SSSR count). The zero-order valence-corrected chi connectivity index (χ0v) is 12.2. The van der Waals surface area contributed by atoms with Gasteiger partial charge in [0, 0.05) is 34.9 Å². The van der Waals surface area contributed by atoms with E-state index in [9.17, 15) is 13.8 Å². The molecular weight excluding hydrogens is 268 g/mol. The number of aliphatic carboxylic acids is 1. The molecule has 0 aliphatic heterocycles. The standard InChI is InChI=1S/C12H22N2O4S/c1-8(6-7-19(2)18)13-12(17)14-10-5-3-4-9(10)11(15)16/h8-10H,3-7H2,1-2H3,(H,15,16)(H2,13,14,17). The second kappa shape index (κ2) is 7.47. The van der Waals surface area contributed by atoms with Gasteiger partial charge in [-0.2, -0.15) is 0 Å². The number of urea groups is 1. The zero-order valence-electron chi connectivity index (χ0n) is 11.3. The number of rotatable bonds is 6. The van der Waals surface area contributed by atoms with Crippen LogP contribution < -0.4 is 10.6 Å². The lowest BCUT2D eigenvalue weighted by Gasteiger charge is -2.20. The molecule has 3 N–H and O–H groups in total. The van der Waals surface area contributed by atoms with Gasteiger partial charge in [0.15, 0.2) is 0 Å². The van der Waals surface area contributed by atoms with Crippen molar-refractivity contribution >= 4 is 22.8 Å². The Hall–Kier alpha value is -1.11. The molecule has 1 aliphatic carbocycles. The van der Waals surface area contributed by atoms with Gasteiger partial charge in [0.2, 0.25) is 0 Å². The van der Waals surface area contributed by atoms with Crippen molar-refractivity contribution in [1.82, 2.24) is 10.6 Å². The first-order valence-corrected chi connectivity index (χ1v) is 8.22. The average molecular weight is 290 g/mol. The van der Waals surface area contributed by atoms with E-state index in [2.05, 4.69) is 10.6 Å². The second-order valence-corrected chi connectivity index (χ2v) is 6.62. The van der Waals surface area contributed by atoms with Gasteiger partial charge in [0.1, 0.15) is 0 Å². The number of carbonyl (C=O) groups is 2. The van der Waals surface area contributed by atoms with E-state index in [1.165, 1.54) is 0 Å². The Morgan fingerprint density at radius 3 is 2.68 bits per heavy atom. The number of carboxylic acids is 1. The molecule has 0 bridgehead atoms. The van der Waals surface area contributed by atoms with Crippen molar-refractivity contribution in [2.75, 3.05) is 12.0 Å². The molecule has 1 fully saturated rings. The van der Waals surface area contributed by atoms with E-state index in [4.69, 9.17) is 5.11 Å². The Balaban J connectivity index is 2.34. The lowest BCUT2D eigenvalue weighted by molar-refractivity contribution is -0.142. The van der Waals surface area contributed by atoms with E-state index in [-0.39, 0.29) is 18.1 Å². The molecular formula is C12H22N2O4S. The Labute approximate surface area is 115 Å². The van der Waals surface area contributed by atoms with Crippen LogP contribution in [0.15, 0.2) is 0 Å². The van der Waals surface area contributed by atoms with Gasteiger partial charge in [0.05, 0.1) is 5.92 Å². The smallest absolute Gasteiger partial charge is 0.315 e. The summed E-state index contributed by atoms with van der Waals surface area (Å²) in [4.78, 5) is 22.7. The molecule has 0 aromatic rings. The summed E-state index contributed by atoms with van der Waals surface area (Å²) in [7, 11) is -0.866. The summed E-state index contributed by atoms with van der Waals surface area (Å²) in [6.45, 7) is 1.84. The SMILES string of the molecule is CC(CCS(C)=O)NC(=O)NC1CCCC1C(=O)O. The molecule has 1 saturated carbocycles. The molecule has 4 atom stereocenters. The van der Waals surface area contributed by atoms with Crippen LogP contribution in [0.2, 0.25) is 0 Å². The minimum Gasteiger partial charge on any atom is -0.481 e. The highest BCUT2D eigenvalue weighted by molar-refractivity contribution is 7.84. The van der Waals surface area contributed by atoms with E-state index in [1.54, 1.807) is 6.26 Å². The fourth-order valence-electron chi connectivity index (χ4n) is 2.28. The van der Waals surface area contributed by atoms with Gasteiger partial charge >= 0.3 is 12.0 Å². The highest BCUT2D eigenvalue weighted by atomic mass is 32.2. The zero-order chi connectivity index (χ0) is 14.4. The molecule has 0 spiro atoms. The first-order valence-electron chi connectivity index (χ1n) is 6.50. The van der Waals surface area contributed by atoms with E-state index in [0.717, 1.165) is 6.42 Å². The number of nitrogens with one attached hydrogen (secondary N) is 2. The third kappa shape index (κ3) is 5.59. The highest BCUT2D eigenvalue weighted by Gasteiger charge is 2.33. The van der Waals surface area contributed by atoms with Gasteiger partial charge in [-0.15, -0.1) is 0 Å². The van der Waals surface area contributed by atoms with Gasteiger partial charge < -0.3 is 15.7 Å². The quantitative estimate of drug-likeness (QED) is 0.671. The molecule has 0 radical (unpaired) electrons. The molecule has 6 nitrogen and oxygen atoms in total. The normalized spacial score (nSPS) is 25.6. The van der Waals surface area contributed by atoms with Crippen LogP contribution in [0.4, 0.5) is 4.79 Å². The van der Waals surface area contributed by atoms with Crippen LogP contribution >= 0.6 is 0 Å².